The number of unbranched alkanes of at least 4 members (excludes halogenated alkanes) is 10. The molecule has 0 rings (SSSR count). The maximum Gasteiger partial charge on any atom is 1.00 e. The molecule has 0 aliphatic heterocycles. The Morgan fingerprint density at radius 2 is 1.33 bits per heavy atom. The summed E-state index contributed by atoms with van der Waals surface area (Å²) in [6.07, 6.45) is 13.4. The van der Waals surface area contributed by atoms with Gasteiger partial charge in [-0.25, -0.2) is 0 Å². The van der Waals surface area contributed by atoms with Gasteiger partial charge in [-0.3, -0.25) is 9.35 Å². The van der Waals surface area contributed by atoms with Gasteiger partial charge in [-0.1, -0.05) is 78.1 Å². The minimum Gasteiger partial charge on any atom is -1.00 e. The molecule has 0 radical (unpaired) electrons. The van der Waals surface area contributed by atoms with Crippen molar-refractivity contribution in [1.82, 2.24) is 0 Å². The molecule has 24 heavy (non-hydrogen) atoms. The number of hydrogen-bond acceptors (Lipinski definition) is 4. The number of carbonyl (C=O) groups is 1. The van der Waals surface area contributed by atoms with Gasteiger partial charge in [0.1, 0.15) is 0 Å². The predicted molar refractivity (Wildman–Crippen MR) is 93.9 cm³/mol. The van der Waals surface area contributed by atoms with E-state index in [1.165, 1.54) is 51.4 Å². The van der Waals surface area contributed by atoms with Gasteiger partial charge < -0.3 is 6.16 Å². The van der Waals surface area contributed by atoms with Crippen LogP contribution >= 0.6 is 0 Å². The first-order valence-electron chi connectivity index (χ1n) is 9.07. The Labute approximate surface area is 171 Å². The monoisotopic (exact) mass is 374 g/mol. The summed E-state index contributed by atoms with van der Waals surface area (Å²) in [4.78, 5) is 11.5. The van der Waals surface area contributed by atoms with E-state index in [2.05, 4.69) is 6.92 Å². The first-order chi connectivity index (χ1) is 10.9. The second-order valence-corrected chi connectivity index (χ2v) is 7.68. The van der Waals surface area contributed by atoms with Crippen LogP contribution in [0.1, 0.15) is 98.7 Å². The van der Waals surface area contributed by atoms with Gasteiger partial charge >= 0.3 is 45.6 Å². The third-order valence-corrected chi connectivity index (χ3v) is 5.01. The van der Waals surface area contributed by atoms with Crippen LogP contribution in [-0.2, 0) is 19.6 Å². The van der Waals surface area contributed by atoms with Crippen LogP contribution in [-0.4, -0.2) is 24.4 Å². The Balaban J connectivity index is -0.00000242. The molecule has 0 aliphatic rings. The van der Waals surface area contributed by atoms with Crippen molar-refractivity contribution < 1.29 is 53.5 Å². The van der Waals surface area contributed by atoms with Crippen molar-refractivity contribution in [2.75, 3.05) is 0 Å². The van der Waals surface area contributed by atoms with Gasteiger partial charge in [-0.05, 0) is 12.8 Å². The number of ether oxygens (including phenoxy) is 1. The van der Waals surface area contributed by atoms with Crippen molar-refractivity contribution in [3.63, 3.8) is 0 Å². The van der Waals surface area contributed by atoms with E-state index in [-0.39, 0.29) is 43.8 Å². The van der Waals surface area contributed by atoms with Crippen molar-refractivity contribution in [3.8, 4) is 0 Å². The standard InChI is InChI=1S/C17H34O5S.Na.H/c1-3-5-6-7-8-9-10-11-12-13-14-15-16(18)22-17(4-2)23(19,20)21;;/h17H,3-15H2,1-2H3,(H,19,20,21);;/q;+1;-1. The predicted octanol–water partition coefficient (Wildman–Crippen LogP) is 1.97. The Morgan fingerprint density at radius 3 is 1.71 bits per heavy atom. The van der Waals surface area contributed by atoms with Gasteiger partial charge in [0.2, 0.25) is 5.44 Å². The molecule has 7 heteroatoms. The summed E-state index contributed by atoms with van der Waals surface area (Å²) >= 11 is 0. The first kappa shape index (κ1) is 26.6. The summed E-state index contributed by atoms with van der Waals surface area (Å²) in [5.41, 5.74) is -1.43. The largest absolute Gasteiger partial charge is 1.00 e. The van der Waals surface area contributed by atoms with Crippen LogP contribution in [0.4, 0.5) is 0 Å². The molecule has 140 valence electrons. The number of carbonyl (C=O) groups excluding carboxylic acids is 1. The van der Waals surface area contributed by atoms with Crippen LogP contribution in [0.25, 0.3) is 0 Å². The average Bonchev–Trinajstić information content (AvgIpc) is 2.49. The molecule has 0 aromatic rings. The van der Waals surface area contributed by atoms with E-state index in [4.69, 9.17) is 9.29 Å². The molecular weight excluding hydrogens is 339 g/mol. The third kappa shape index (κ3) is 15.9. The molecule has 0 aromatic heterocycles. The second kappa shape index (κ2) is 16.8. The zero-order valence-corrected chi connectivity index (χ0v) is 18.6. The van der Waals surface area contributed by atoms with E-state index < -0.39 is 21.5 Å². The van der Waals surface area contributed by atoms with Crippen LogP contribution in [0.3, 0.4) is 0 Å². The fourth-order valence-electron chi connectivity index (χ4n) is 2.49. The summed E-state index contributed by atoms with van der Waals surface area (Å²) in [7, 11) is -4.31. The first-order valence-corrected chi connectivity index (χ1v) is 10.6. The third-order valence-electron chi connectivity index (χ3n) is 3.91. The maximum absolute atomic E-state index is 11.5. The Morgan fingerprint density at radius 1 is 0.917 bits per heavy atom. The summed E-state index contributed by atoms with van der Waals surface area (Å²) in [6, 6.07) is 0. The van der Waals surface area contributed by atoms with Crippen LogP contribution < -0.4 is 29.6 Å². The number of rotatable bonds is 15. The Kier molecular flexibility index (Phi) is 18.7. The van der Waals surface area contributed by atoms with Gasteiger partial charge in [0, 0.05) is 6.42 Å². The fourth-order valence-corrected chi connectivity index (χ4v) is 3.14. The van der Waals surface area contributed by atoms with E-state index in [0.717, 1.165) is 12.8 Å². The van der Waals surface area contributed by atoms with Crippen LogP contribution in [0.2, 0.25) is 0 Å². The summed E-state index contributed by atoms with van der Waals surface area (Å²) in [5.74, 6) is -0.551. The van der Waals surface area contributed by atoms with Gasteiger partial charge in [0.25, 0.3) is 0 Å². The van der Waals surface area contributed by atoms with E-state index in [1.54, 1.807) is 6.92 Å². The van der Waals surface area contributed by atoms with Crippen molar-refractivity contribution in [2.24, 2.45) is 0 Å². The summed E-state index contributed by atoms with van der Waals surface area (Å²) in [6.45, 7) is 3.77. The van der Waals surface area contributed by atoms with E-state index in [0.29, 0.717) is 6.42 Å². The molecule has 0 spiro atoms. The van der Waals surface area contributed by atoms with Crippen LogP contribution in [0.15, 0.2) is 0 Å². The van der Waals surface area contributed by atoms with Crippen LogP contribution in [0.5, 0.6) is 0 Å². The minimum atomic E-state index is -4.31. The molecule has 1 unspecified atom stereocenters. The minimum absolute atomic E-state index is 0. The van der Waals surface area contributed by atoms with Crippen molar-refractivity contribution in [2.45, 2.75) is 103 Å². The zero-order valence-electron chi connectivity index (χ0n) is 16.8. The van der Waals surface area contributed by atoms with E-state index in [9.17, 15) is 13.2 Å². The topological polar surface area (TPSA) is 80.7 Å². The molecule has 0 fully saturated rings. The quantitative estimate of drug-likeness (QED) is 0.205. The summed E-state index contributed by atoms with van der Waals surface area (Å²) in [5, 5.41) is 0. The molecule has 0 aromatic carbocycles. The van der Waals surface area contributed by atoms with Gasteiger partial charge in [0.05, 0.1) is 0 Å². The SMILES string of the molecule is CCCCCCCCCCCCCC(=O)OC(CC)S(=O)(=O)O.[H-].[Na+]. The molecule has 5 nitrogen and oxygen atoms in total. The molecule has 0 amide bonds. The molecule has 1 N–H and O–H groups in total. The number of esters is 1. The molecule has 0 bridgehead atoms. The van der Waals surface area contributed by atoms with Gasteiger partial charge in [-0.15, -0.1) is 0 Å². The van der Waals surface area contributed by atoms with E-state index >= 15 is 0 Å². The Hall–Kier alpha value is 0.380. The smallest absolute Gasteiger partial charge is 1.00 e. The second-order valence-electron chi connectivity index (χ2n) is 6.13. The van der Waals surface area contributed by atoms with Crippen molar-refractivity contribution >= 4 is 16.1 Å². The van der Waals surface area contributed by atoms with Gasteiger partial charge in [0.15, 0.2) is 0 Å². The maximum atomic E-state index is 11.5. The molecule has 0 saturated heterocycles. The fraction of sp³-hybridized carbons (Fsp3) is 0.941. The van der Waals surface area contributed by atoms with Crippen LogP contribution in [0, 0.1) is 0 Å². The molecule has 1 atom stereocenters. The molecule has 0 saturated carbocycles. The molecule has 0 heterocycles. The van der Waals surface area contributed by atoms with Crippen molar-refractivity contribution in [1.29, 1.82) is 0 Å². The average molecular weight is 375 g/mol. The van der Waals surface area contributed by atoms with Crippen molar-refractivity contribution in [3.05, 3.63) is 0 Å². The van der Waals surface area contributed by atoms with Gasteiger partial charge in [-0.2, -0.15) is 8.42 Å². The zero-order chi connectivity index (χ0) is 17.6. The molecule has 0 aliphatic carbocycles. The normalized spacial score (nSPS) is 12.5. The number of hydrogen-bond donors (Lipinski definition) is 1. The van der Waals surface area contributed by atoms with E-state index in [1.807, 2.05) is 0 Å². The molecular formula is C17H35NaO5S. The Bertz CT molecular complexity index is 404. The summed E-state index contributed by atoms with van der Waals surface area (Å²) < 4.78 is 35.5.